The average molecular weight is 665 g/mol. The van der Waals surface area contributed by atoms with Crippen molar-refractivity contribution in [3.05, 3.63) is 181 Å². The summed E-state index contributed by atoms with van der Waals surface area (Å²) in [4.78, 5) is 14.3. The Morgan fingerprint density at radius 3 is 1.88 bits per heavy atom. The number of furan rings is 1. The van der Waals surface area contributed by atoms with Crippen LogP contribution < -0.4 is 0 Å². The van der Waals surface area contributed by atoms with Gasteiger partial charge in [-0.25, -0.2) is 14.8 Å². The second-order valence-corrected chi connectivity index (χ2v) is 12.9. The van der Waals surface area contributed by atoms with Crippen molar-refractivity contribution in [2.75, 3.05) is 0 Å². The quantitative estimate of drug-likeness (QED) is 0.172. The molecule has 0 atom stereocenters. The van der Waals surface area contributed by atoms with E-state index in [0.29, 0.717) is 11.5 Å². The highest BCUT2D eigenvalue weighted by Crippen LogP contribution is 2.42. The number of hydrogen-bond donors (Lipinski definition) is 0. The number of aromatic nitrogens is 3. The molecule has 5 heteroatoms. The van der Waals surface area contributed by atoms with E-state index in [4.69, 9.17) is 21.0 Å². The van der Waals surface area contributed by atoms with Gasteiger partial charge in [0.1, 0.15) is 11.2 Å². The molecule has 52 heavy (non-hydrogen) atoms. The van der Waals surface area contributed by atoms with E-state index >= 15 is 0 Å². The average Bonchev–Trinajstić information content (AvgIpc) is 3.77. The Morgan fingerprint density at radius 1 is 0.500 bits per heavy atom. The Balaban J connectivity index is 1.29. The standard InChI is InChI=1S/C47H28N4O/c1-48-39-21-11-8-18-35(39)32-26-33(47-49-40(30-14-4-2-5-15-30)29-41(50-47)31-16-6-3-7-17-31)28-34(27-32)51-42-22-12-9-20-38(42)45-43(51)25-24-37-36-19-10-13-23-44(36)52-46(37)45/h2-29H. The monoisotopic (exact) mass is 664 g/mol. The third kappa shape index (κ3) is 4.78. The van der Waals surface area contributed by atoms with Crippen molar-refractivity contribution in [1.82, 2.24) is 14.5 Å². The molecule has 10 aromatic rings. The first-order chi connectivity index (χ1) is 25.7. The maximum absolute atomic E-state index is 8.01. The molecule has 0 bridgehead atoms. The van der Waals surface area contributed by atoms with Crippen molar-refractivity contribution in [3.8, 4) is 50.7 Å². The highest BCUT2D eigenvalue weighted by atomic mass is 16.3. The fraction of sp³-hybridized carbons (Fsp3) is 0. The summed E-state index contributed by atoms with van der Waals surface area (Å²) in [6.45, 7) is 8.01. The molecule has 0 saturated carbocycles. The minimum absolute atomic E-state index is 0.584. The van der Waals surface area contributed by atoms with Crippen molar-refractivity contribution in [2.24, 2.45) is 0 Å². The van der Waals surface area contributed by atoms with Crippen molar-refractivity contribution in [1.29, 1.82) is 0 Å². The number of fused-ring (bicyclic) bond motifs is 7. The van der Waals surface area contributed by atoms with Gasteiger partial charge in [0.05, 0.1) is 34.4 Å². The van der Waals surface area contributed by atoms with E-state index in [9.17, 15) is 0 Å². The van der Waals surface area contributed by atoms with Crippen LogP contribution in [0.4, 0.5) is 5.69 Å². The molecule has 0 spiro atoms. The van der Waals surface area contributed by atoms with Gasteiger partial charge in [0.2, 0.25) is 0 Å². The van der Waals surface area contributed by atoms with Crippen LogP contribution in [0.2, 0.25) is 0 Å². The van der Waals surface area contributed by atoms with Crippen LogP contribution in [0.5, 0.6) is 0 Å². The topological polar surface area (TPSA) is 48.2 Å². The van der Waals surface area contributed by atoms with E-state index in [-0.39, 0.29) is 0 Å². The minimum Gasteiger partial charge on any atom is -0.455 e. The summed E-state index contributed by atoms with van der Waals surface area (Å²) in [6, 6.07) is 57.7. The Morgan fingerprint density at radius 2 is 1.13 bits per heavy atom. The van der Waals surface area contributed by atoms with E-state index in [1.165, 1.54) is 0 Å². The van der Waals surface area contributed by atoms with E-state index < -0.39 is 0 Å². The minimum atomic E-state index is 0.584. The number of rotatable bonds is 5. The normalized spacial score (nSPS) is 11.4. The molecule has 0 radical (unpaired) electrons. The molecule has 10 rings (SSSR count). The second-order valence-electron chi connectivity index (χ2n) is 12.9. The van der Waals surface area contributed by atoms with Gasteiger partial charge >= 0.3 is 0 Å². The molecule has 7 aromatic carbocycles. The lowest BCUT2D eigenvalue weighted by molar-refractivity contribution is 0.673. The zero-order valence-corrected chi connectivity index (χ0v) is 27.9. The van der Waals surface area contributed by atoms with Crippen LogP contribution in [0.25, 0.3) is 99.3 Å². The third-order valence-corrected chi connectivity index (χ3v) is 9.82. The van der Waals surface area contributed by atoms with Crippen LogP contribution in [0, 0.1) is 6.57 Å². The van der Waals surface area contributed by atoms with Gasteiger partial charge in [-0.05, 0) is 59.7 Å². The molecule has 0 aliphatic heterocycles. The van der Waals surface area contributed by atoms with Crippen LogP contribution in [0.15, 0.2) is 174 Å². The molecule has 0 fully saturated rings. The summed E-state index contributed by atoms with van der Waals surface area (Å²) in [7, 11) is 0. The lowest BCUT2D eigenvalue weighted by atomic mass is 9.99. The SMILES string of the molecule is [C-]#[N+]c1ccccc1-c1cc(-c2nc(-c3ccccc3)cc(-c3ccccc3)n2)cc(-n2c3ccccc3c3c4oc5ccccc5c4ccc32)c1. The first kappa shape index (κ1) is 29.6. The smallest absolute Gasteiger partial charge is 0.194 e. The molecular weight excluding hydrogens is 637 g/mol. The zero-order chi connectivity index (χ0) is 34.6. The molecule has 0 saturated heterocycles. The van der Waals surface area contributed by atoms with Crippen LogP contribution in [-0.4, -0.2) is 14.5 Å². The summed E-state index contributed by atoms with van der Waals surface area (Å²) in [6.07, 6.45) is 0. The number of benzene rings is 7. The summed E-state index contributed by atoms with van der Waals surface area (Å²) in [5.41, 5.74) is 11.6. The molecule has 0 aliphatic carbocycles. The summed E-state index contributed by atoms with van der Waals surface area (Å²) in [5.74, 6) is 0.601. The second kappa shape index (κ2) is 11.9. The van der Waals surface area contributed by atoms with Crippen molar-refractivity contribution < 1.29 is 4.42 Å². The summed E-state index contributed by atoms with van der Waals surface area (Å²) >= 11 is 0. The molecular formula is C47H28N4O. The van der Waals surface area contributed by atoms with Crippen molar-refractivity contribution >= 4 is 49.4 Å². The zero-order valence-electron chi connectivity index (χ0n) is 27.9. The number of hydrogen-bond acceptors (Lipinski definition) is 3. The molecule has 242 valence electrons. The predicted octanol–water partition coefficient (Wildman–Crippen LogP) is 12.7. The molecule has 3 aromatic heterocycles. The fourth-order valence-corrected chi connectivity index (χ4v) is 7.44. The molecule has 5 nitrogen and oxygen atoms in total. The van der Waals surface area contributed by atoms with Gasteiger partial charge < -0.3 is 8.98 Å². The van der Waals surface area contributed by atoms with Gasteiger partial charge in [-0.2, -0.15) is 0 Å². The Hall–Kier alpha value is -7.29. The Labute approximate surface area is 299 Å². The predicted molar refractivity (Wildman–Crippen MR) is 212 cm³/mol. The van der Waals surface area contributed by atoms with E-state index in [0.717, 1.165) is 88.6 Å². The third-order valence-electron chi connectivity index (χ3n) is 9.82. The number of nitrogens with zero attached hydrogens (tertiary/aromatic N) is 4. The Bertz CT molecular complexity index is 2970. The van der Waals surface area contributed by atoms with Gasteiger partial charge in [-0.3, -0.25) is 0 Å². The summed E-state index contributed by atoms with van der Waals surface area (Å²) < 4.78 is 8.88. The van der Waals surface area contributed by atoms with Crippen LogP contribution in [0.1, 0.15) is 0 Å². The fourth-order valence-electron chi connectivity index (χ4n) is 7.44. The molecule has 0 aliphatic rings. The van der Waals surface area contributed by atoms with Gasteiger partial charge in [0.15, 0.2) is 11.5 Å². The Kier molecular flexibility index (Phi) is 6.80. The molecule has 0 N–H and O–H groups in total. The number of para-hydroxylation sites is 3. The van der Waals surface area contributed by atoms with E-state index in [1.54, 1.807) is 0 Å². The van der Waals surface area contributed by atoms with Gasteiger partial charge in [0.25, 0.3) is 0 Å². The van der Waals surface area contributed by atoms with E-state index in [2.05, 4.69) is 106 Å². The van der Waals surface area contributed by atoms with Crippen LogP contribution in [0.3, 0.4) is 0 Å². The summed E-state index contributed by atoms with van der Waals surface area (Å²) in [5, 5.41) is 4.35. The largest absolute Gasteiger partial charge is 0.455 e. The van der Waals surface area contributed by atoms with Crippen LogP contribution >= 0.6 is 0 Å². The van der Waals surface area contributed by atoms with E-state index in [1.807, 2.05) is 72.8 Å². The molecule has 0 amide bonds. The molecule has 0 unspecified atom stereocenters. The van der Waals surface area contributed by atoms with Crippen molar-refractivity contribution in [3.63, 3.8) is 0 Å². The van der Waals surface area contributed by atoms with Gasteiger partial charge in [0, 0.05) is 38.5 Å². The lowest BCUT2D eigenvalue weighted by Crippen LogP contribution is -1.99. The van der Waals surface area contributed by atoms with Gasteiger partial charge in [-0.1, -0.05) is 121 Å². The lowest BCUT2D eigenvalue weighted by Gasteiger charge is -2.15. The van der Waals surface area contributed by atoms with Crippen molar-refractivity contribution in [2.45, 2.75) is 0 Å². The highest BCUT2D eigenvalue weighted by molar-refractivity contribution is 6.23. The first-order valence-corrected chi connectivity index (χ1v) is 17.2. The first-order valence-electron chi connectivity index (χ1n) is 17.2. The van der Waals surface area contributed by atoms with Crippen LogP contribution in [-0.2, 0) is 0 Å². The van der Waals surface area contributed by atoms with Gasteiger partial charge in [-0.15, -0.1) is 0 Å². The highest BCUT2D eigenvalue weighted by Gasteiger charge is 2.21. The molecule has 3 heterocycles. The maximum Gasteiger partial charge on any atom is 0.194 e. The maximum atomic E-state index is 8.01.